The minimum Gasteiger partial charge on any atom is -0.265 e. The summed E-state index contributed by atoms with van der Waals surface area (Å²) in [4.78, 5) is 0. The molecule has 2 heteroatoms. The van der Waals surface area contributed by atoms with Gasteiger partial charge >= 0.3 is 0 Å². The highest BCUT2D eigenvalue weighted by Gasteiger charge is 2.27. The van der Waals surface area contributed by atoms with Crippen LogP contribution in [-0.2, 0) is 5.41 Å². The number of anilines is 1. The molecule has 132 valence electrons. The van der Waals surface area contributed by atoms with Gasteiger partial charge < -0.3 is 0 Å². The van der Waals surface area contributed by atoms with Gasteiger partial charge in [0, 0.05) is 13.0 Å². The third-order valence-electron chi connectivity index (χ3n) is 4.83. The van der Waals surface area contributed by atoms with E-state index >= 15 is 0 Å². The molecule has 1 heterocycles. The van der Waals surface area contributed by atoms with Gasteiger partial charge in [0.15, 0.2) is 0 Å². The van der Waals surface area contributed by atoms with Crippen molar-refractivity contribution in [1.82, 2.24) is 0 Å². The Morgan fingerprint density at radius 3 is 2.12 bits per heavy atom. The molecule has 1 aliphatic heterocycles. The predicted octanol–water partition coefficient (Wildman–Crippen LogP) is 6.01. The lowest BCUT2D eigenvalue weighted by molar-refractivity contribution is 0.284. The topological polar surface area (TPSA) is 15.6 Å². The number of hydrazone groups is 1. The minimum absolute atomic E-state index is 0.181. The van der Waals surface area contributed by atoms with Crippen molar-refractivity contribution in [2.24, 2.45) is 10.5 Å². The molecule has 0 amide bonds. The summed E-state index contributed by atoms with van der Waals surface area (Å²) in [5.41, 5.74) is 5.50. The maximum atomic E-state index is 4.83. The molecule has 0 atom stereocenters. The van der Waals surface area contributed by atoms with E-state index in [9.17, 15) is 0 Å². The van der Waals surface area contributed by atoms with Crippen LogP contribution < -0.4 is 5.01 Å². The Balaban J connectivity index is 1.76. The van der Waals surface area contributed by atoms with Gasteiger partial charge in [-0.25, -0.2) is 0 Å². The molecule has 0 N–H and O–H groups in total. The summed E-state index contributed by atoms with van der Waals surface area (Å²) >= 11 is 0. The maximum absolute atomic E-state index is 4.83. The Morgan fingerprint density at radius 2 is 1.52 bits per heavy atom. The predicted molar refractivity (Wildman–Crippen MR) is 108 cm³/mol. The fourth-order valence-electron chi connectivity index (χ4n) is 3.99. The first-order valence-corrected chi connectivity index (χ1v) is 9.26. The summed E-state index contributed by atoms with van der Waals surface area (Å²) in [5.74, 6) is 0. The monoisotopic (exact) mass is 334 g/mol. The Kier molecular flexibility index (Phi) is 4.73. The molecule has 3 rings (SSSR count). The normalized spacial score (nSPS) is 15.4. The number of benzene rings is 2. The summed E-state index contributed by atoms with van der Waals surface area (Å²) in [5, 5.41) is 6.96. The fourth-order valence-corrected chi connectivity index (χ4v) is 3.99. The van der Waals surface area contributed by atoms with E-state index in [2.05, 4.69) is 94.2 Å². The molecular weight excluding hydrogens is 304 g/mol. The number of nitrogens with zero attached hydrogens (tertiary/aromatic N) is 2. The van der Waals surface area contributed by atoms with E-state index in [1.165, 1.54) is 28.9 Å². The zero-order valence-electron chi connectivity index (χ0n) is 16.2. The van der Waals surface area contributed by atoms with Crippen LogP contribution in [0.2, 0.25) is 0 Å². The van der Waals surface area contributed by atoms with Gasteiger partial charge in [-0.15, -0.1) is 0 Å². The van der Waals surface area contributed by atoms with Crippen LogP contribution in [0.5, 0.6) is 0 Å². The third-order valence-corrected chi connectivity index (χ3v) is 4.83. The molecule has 0 saturated heterocycles. The fraction of sp³-hybridized carbons (Fsp3) is 0.435. The van der Waals surface area contributed by atoms with Gasteiger partial charge in [-0.05, 0) is 40.5 Å². The zero-order valence-corrected chi connectivity index (χ0v) is 16.2. The SMILES string of the molecule is CC(C)(C)CC(C)(C)c1ccc(N2CCC(c3ccccc3)=N2)cc1. The van der Waals surface area contributed by atoms with E-state index in [4.69, 9.17) is 5.10 Å². The summed E-state index contributed by atoms with van der Waals surface area (Å²) in [6.45, 7) is 12.6. The van der Waals surface area contributed by atoms with Crippen LogP contribution in [-0.4, -0.2) is 12.3 Å². The van der Waals surface area contributed by atoms with Crippen LogP contribution in [0.25, 0.3) is 0 Å². The lowest BCUT2D eigenvalue weighted by Crippen LogP contribution is -2.24. The van der Waals surface area contributed by atoms with Crippen molar-refractivity contribution < 1.29 is 0 Å². The molecule has 0 aromatic heterocycles. The molecule has 25 heavy (non-hydrogen) atoms. The molecule has 2 nitrogen and oxygen atoms in total. The molecule has 0 bridgehead atoms. The zero-order chi connectivity index (χ0) is 18.1. The Labute approximate surface area is 152 Å². The van der Waals surface area contributed by atoms with Crippen molar-refractivity contribution in [3.8, 4) is 0 Å². The van der Waals surface area contributed by atoms with E-state index in [-0.39, 0.29) is 5.41 Å². The Hall–Kier alpha value is -2.09. The van der Waals surface area contributed by atoms with E-state index in [0.29, 0.717) is 5.41 Å². The molecule has 1 aliphatic rings. The summed E-state index contributed by atoms with van der Waals surface area (Å²) in [6, 6.07) is 19.5. The number of rotatable bonds is 4. The molecule has 2 aromatic rings. The molecule has 0 radical (unpaired) electrons. The lowest BCUT2D eigenvalue weighted by Gasteiger charge is -2.33. The van der Waals surface area contributed by atoms with Crippen LogP contribution in [0, 0.1) is 5.41 Å². The highest BCUT2D eigenvalue weighted by atomic mass is 15.5. The van der Waals surface area contributed by atoms with Crippen molar-refractivity contribution in [3.63, 3.8) is 0 Å². The van der Waals surface area contributed by atoms with Crippen molar-refractivity contribution in [2.75, 3.05) is 11.6 Å². The third kappa shape index (κ3) is 4.31. The summed E-state index contributed by atoms with van der Waals surface area (Å²) < 4.78 is 0. The molecule has 0 aliphatic carbocycles. The van der Waals surface area contributed by atoms with Crippen molar-refractivity contribution in [3.05, 3.63) is 65.7 Å². The minimum atomic E-state index is 0.181. The Morgan fingerprint density at radius 1 is 0.880 bits per heavy atom. The van der Waals surface area contributed by atoms with Crippen LogP contribution in [0.1, 0.15) is 58.6 Å². The second kappa shape index (κ2) is 6.67. The van der Waals surface area contributed by atoms with Gasteiger partial charge in [0.1, 0.15) is 0 Å². The van der Waals surface area contributed by atoms with Gasteiger partial charge in [-0.3, -0.25) is 5.01 Å². The van der Waals surface area contributed by atoms with Crippen LogP contribution >= 0.6 is 0 Å². The van der Waals surface area contributed by atoms with Gasteiger partial charge in [0.2, 0.25) is 0 Å². The molecule has 2 aromatic carbocycles. The van der Waals surface area contributed by atoms with Gasteiger partial charge in [0.05, 0.1) is 11.4 Å². The van der Waals surface area contributed by atoms with Crippen molar-refractivity contribution >= 4 is 11.4 Å². The first kappa shape index (κ1) is 17.7. The van der Waals surface area contributed by atoms with E-state index in [1.54, 1.807) is 0 Å². The second-order valence-corrected chi connectivity index (χ2v) is 8.95. The largest absolute Gasteiger partial charge is 0.265 e. The number of hydrogen-bond acceptors (Lipinski definition) is 2. The standard InChI is InChI=1S/C23H30N2/c1-22(2,3)17-23(4,5)19-11-13-20(14-12-19)25-16-15-21(24-25)18-9-7-6-8-10-18/h6-14H,15-17H2,1-5H3. The summed E-state index contributed by atoms with van der Waals surface area (Å²) in [6.07, 6.45) is 2.17. The van der Waals surface area contributed by atoms with Gasteiger partial charge in [-0.2, -0.15) is 5.10 Å². The van der Waals surface area contributed by atoms with Gasteiger partial charge in [-0.1, -0.05) is 77.1 Å². The summed E-state index contributed by atoms with van der Waals surface area (Å²) in [7, 11) is 0. The van der Waals surface area contributed by atoms with Crippen LogP contribution in [0.3, 0.4) is 0 Å². The number of hydrogen-bond donors (Lipinski definition) is 0. The lowest BCUT2D eigenvalue weighted by atomic mass is 9.72. The van der Waals surface area contributed by atoms with E-state index in [0.717, 1.165) is 13.0 Å². The maximum Gasteiger partial charge on any atom is 0.0700 e. The Bertz CT molecular complexity index is 734. The quantitative estimate of drug-likeness (QED) is 0.668. The first-order valence-electron chi connectivity index (χ1n) is 9.26. The molecule has 0 unspecified atom stereocenters. The van der Waals surface area contributed by atoms with Crippen molar-refractivity contribution in [1.29, 1.82) is 0 Å². The van der Waals surface area contributed by atoms with Gasteiger partial charge in [0.25, 0.3) is 0 Å². The van der Waals surface area contributed by atoms with E-state index in [1.807, 2.05) is 0 Å². The first-order chi connectivity index (χ1) is 11.7. The molecular formula is C23H30N2. The molecule has 0 fully saturated rings. The van der Waals surface area contributed by atoms with E-state index < -0.39 is 0 Å². The van der Waals surface area contributed by atoms with Crippen LogP contribution in [0.15, 0.2) is 59.7 Å². The smallest absolute Gasteiger partial charge is 0.0700 e. The molecule has 0 spiro atoms. The van der Waals surface area contributed by atoms with Crippen LogP contribution in [0.4, 0.5) is 5.69 Å². The highest BCUT2D eigenvalue weighted by molar-refractivity contribution is 6.02. The average Bonchev–Trinajstić information content (AvgIpc) is 3.04. The molecule has 0 saturated carbocycles. The highest BCUT2D eigenvalue weighted by Crippen LogP contribution is 2.37. The second-order valence-electron chi connectivity index (χ2n) is 8.95. The van der Waals surface area contributed by atoms with Crippen molar-refractivity contribution in [2.45, 2.75) is 52.9 Å². The average molecular weight is 335 g/mol.